The van der Waals surface area contributed by atoms with E-state index in [1.54, 1.807) is 6.20 Å². The normalized spacial score (nSPS) is 15.1. The van der Waals surface area contributed by atoms with Gasteiger partial charge in [-0.2, -0.15) is 0 Å². The summed E-state index contributed by atoms with van der Waals surface area (Å²) in [5, 5.41) is 4.53. The van der Waals surface area contributed by atoms with Crippen molar-refractivity contribution in [2.75, 3.05) is 5.32 Å². The standard InChI is InChI=1S/C29H26BrN5/c30-20-12-14-23(15-13-20)35-28-11-5-4-10-24(28)34-27-17-25(33-22-9-6-16-31-19-22)26(18-29(27)35)32-21-7-2-1-3-8-21/h4-6,9-19,21,33H,1-3,7-8H2/b32-26+. The molecule has 2 heterocycles. The summed E-state index contributed by atoms with van der Waals surface area (Å²) >= 11 is 3.58. The van der Waals surface area contributed by atoms with Gasteiger partial charge in [-0.05, 0) is 73.5 Å². The van der Waals surface area contributed by atoms with E-state index >= 15 is 0 Å². The molecule has 3 aliphatic rings. The van der Waals surface area contributed by atoms with Crippen LogP contribution in [0.25, 0.3) is 28.1 Å². The zero-order chi connectivity index (χ0) is 23.6. The van der Waals surface area contributed by atoms with Crippen LogP contribution in [0, 0.1) is 0 Å². The quantitative estimate of drug-likeness (QED) is 0.252. The SMILES string of the molecule is Brc1ccc(-n2c3c/c(=N\C4CCCCC4)c(Nc4cccnc4)cc-3nc3ccccc32)cc1. The van der Waals surface area contributed by atoms with Crippen LogP contribution in [-0.2, 0) is 0 Å². The largest absolute Gasteiger partial charge is 0.352 e. The molecule has 5 nitrogen and oxygen atoms in total. The Hall–Kier alpha value is -3.51. The maximum Gasteiger partial charge on any atom is 0.0900 e. The fourth-order valence-electron chi connectivity index (χ4n) is 4.92. The number of nitrogens with zero attached hydrogens (tertiary/aromatic N) is 4. The van der Waals surface area contributed by atoms with Gasteiger partial charge in [0, 0.05) is 16.4 Å². The van der Waals surface area contributed by atoms with E-state index in [1.165, 1.54) is 19.3 Å². The Bertz CT molecular complexity index is 1500. The third kappa shape index (κ3) is 4.58. The van der Waals surface area contributed by atoms with Crippen LogP contribution in [0.1, 0.15) is 32.1 Å². The Morgan fingerprint density at radius 1 is 0.914 bits per heavy atom. The fraction of sp³-hybridized carbons (Fsp3) is 0.207. The van der Waals surface area contributed by atoms with Crippen LogP contribution in [0.2, 0.25) is 0 Å². The zero-order valence-electron chi connectivity index (χ0n) is 19.4. The van der Waals surface area contributed by atoms with E-state index in [4.69, 9.17) is 9.98 Å². The van der Waals surface area contributed by atoms with Crippen LogP contribution in [0.3, 0.4) is 0 Å². The van der Waals surface area contributed by atoms with Crippen molar-refractivity contribution in [2.24, 2.45) is 4.99 Å². The third-order valence-electron chi connectivity index (χ3n) is 6.62. The second kappa shape index (κ2) is 9.62. The molecule has 0 bridgehead atoms. The van der Waals surface area contributed by atoms with Crippen LogP contribution in [0.5, 0.6) is 0 Å². The van der Waals surface area contributed by atoms with Crippen LogP contribution in [0.4, 0.5) is 11.4 Å². The van der Waals surface area contributed by atoms with Crippen LogP contribution in [0.15, 0.2) is 94.7 Å². The molecule has 2 aliphatic carbocycles. The molecular weight excluding hydrogens is 498 g/mol. The molecule has 35 heavy (non-hydrogen) atoms. The number of pyridine rings is 1. The summed E-state index contributed by atoms with van der Waals surface area (Å²) in [6, 6.07) is 25.4. The first-order valence-electron chi connectivity index (χ1n) is 12.2. The second-order valence-corrected chi connectivity index (χ2v) is 9.97. The van der Waals surface area contributed by atoms with E-state index in [0.717, 1.165) is 62.2 Å². The molecule has 6 rings (SSSR count). The highest BCUT2D eigenvalue weighted by Gasteiger charge is 2.18. The molecule has 174 valence electrons. The highest BCUT2D eigenvalue weighted by atomic mass is 79.9. The van der Waals surface area contributed by atoms with E-state index in [2.05, 4.69) is 85.4 Å². The maximum absolute atomic E-state index is 5.26. The van der Waals surface area contributed by atoms with Crippen molar-refractivity contribution in [2.45, 2.75) is 38.1 Å². The van der Waals surface area contributed by atoms with Gasteiger partial charge in [0.1, 0.15) is 0 Å². The Morgan fingerprint density at radius 3 is 2.54 bits per heavy atom. The molecule has 2 aromatic carbocycles. The summed E-state index contributed by atoms with van der Waals surface area (Å²) in [5.41, 5.74) is 6.96. The minimum absolute atomic E-state index is 0.352. The molecule has 0 atom stereocenters. The highest BCUT2D eigenvalue weighted by molar-refractivity contribution is 9.10. The highest BCUT2D eigenvalue weighted by Crippen LogP contribution is 2.31. The van der Waals surface area contributed by atoms with Crippen LogP contribution in [-0.4, -0.2) is 20.6 Å². The molecule has 0 unspecified atom stereocenters. The van der Waals surface area contributed by atoms with Crippen molar-refractivity contribution in [3.63, 3.8) is 0 Å². The minimum atomic E-state index is 0.352. The van der Waals surface area contributed by atoms with Crippen LogP contribution >= 0.6 is 15.9 Å². The van der Waals surface area contributed by atoms with E-state index in [-0.39, 0.29) is 0 Å². The Balaban J connectivity index is 1.62. The number of hydrogen-bond donors (Lipinski definition) is 1. The molecule has 3 aromatic rings. The lowest BCUT2D eigenvalue weighted by Crippen LogP contribution is -2.19. The number of aromatic nitrogens is 3. The zero-order valence-corrected chi connectivity index (χ0v) is 20.9. The van der Waals surface area contributed by atoms with Crippen molar-refractivity contribution >= 4 is 38.3 Å². The Kier molecular flexibility index (Phi) is 6.05. The number of hydrogen-bond acceptors (Lipinski definition) is 4. The molecule has 1 fully saturated rings. The number of nitrogens with one attached hydrogen (secondary N) is 1. The summed E-state index contributed by atoms with van der Waals surface area (Å²) < 4.78 is 3.35. The van der Waals surface area contributed by atoms with Gasteiger partial charge in [0.25, 0.3) is 0 Å². The van der Waals surface area contributed by atoms with Gasteiger partial charge in [0.2, 0.25) is 0 Å². The van der Waals surface area contributed by atoms with E-state index < -0.39 is 0 Å². The van der Waals surface area contributed by atoms with Gasteiger partial charge < -0.3 is 9.88 Å². The summed E-state index contributed by atoms with van der Waals surface area (Å²) in [6.45, 7) is 0. The molecule has 1 saturated carbocycles. The number of halogens is 1. The molecule has 0 spiro atoms. The number of fused-ring (bicyclic) bond motifs is 2. The van der Waals surface area contributed by atoms with E-state index in [9.17, 15) is 0 Å². The summed E-state index contributed by atoms with van der Waals surface area (Å²) in [5.74, 6) is 0. The average Bonchev–Trinajstić information content (AvgIpc) is 2.90. The molecule has 1 N–H and O–H groups in total. The maximum atomic E-state index is 5.26. The third-order valence-corrected chi connectivity index (χ3v) is 7.15. The van der Waals surface area contributed by atoms with Gasteiger partial charge in [0.05, 0.1) is 51.4 Å². The number of benzene rings is 3. The van der Waals surface area contributed by atoms with Crippen molar-refractivity contribution in [3.8, 4) is 17.1 Å². The van der Waals surface area contributed by atoms with E-state index in [1.807, 2.05) is 24.4 Å². The number of para-hydroxylation sites is 2. The molecule has 1 aromatic heterocycles. The lowest BCUT2D eigenvalue weighted by atomic mass is 9.96. The second-order valence-electron chi connectivity index (χ2n) is 9.06. The summed E-state index contributed by atoms with van der Waals surface area (Å²) in [4.78, 5) is 14.6. The number of rotatable bonds is 4. The van der Waals surface area contributed by atoms with Gasteiger partial charge in [-0.3, -0.25) is 9.98 Å². The van der Waals surface area contributed by atoms with Crippen molar-refractivity contribution < 1.29 is 0 Å². The van der Waals surface area contributed by atoms with Crippen LogP contribution < -0.4 is 10.7 Å². The first kappa shape index (κ1) is 22.0. The summed E-state index contributed by atoms with van der Waals surface area (Å²) in [6.07, 6.45) is 9.72. The first-order chi connectivity index (χ1) is 17.2. The molecule has 1 aliphatic heterocycles. The lowest BCUT2D eigenvalue weighted by molar-refractivity contribution is 0.437. The predicted octanol–water partition coefficient (Wildman–Crippen LogP) is 7.26. The molecule has 0 radical (unpaired) electrons. The van der Waals surface area contributed by atoms with Gasteiger partial charge in [-0.25, -0.2) is 4.98 Å². The van der Waals surface area contributed by atoms with Crippen molar-refractivity contribution in [1.82, 2.24) is 14.5 Å². The molecule has 0 amide bonds. The van der Waals surface area contributed by atoms with Gasteiger partial charge in [0.15, 0.2) is 0 Å². The number of anilines is 2. The smallest absolute Gasteiger partial charge is 0.0900 e. The Morgan fingerprint density at radius 2 is 1.74 bits per heavy atom. The minimum Gasteiger partial charge on any atom is -0.352 e. The lowest BCUT2D eigenvalue weighted by Gasteiger charge is -2.21. The van der Waals surface area contributed by atoms with Gasteiger partial charge in [-0.1, -0.05) is 47.3 Å². The van der Waals surface area contributed by atoms with Gasteiger partial charge >= 0.3 is 0 Å². The van der Waals surface area contributed by atoms with Crippen molar-refractivity contribution in [1.29, 1.82) is 0 Å². The predicted molar refractivity (Wildman–Crippen MR) is 145 cm³/mol. The summed E-state index contributed by atoms with van der Waals surface area (Å²) in [7, 11) is 0. The molecule has 0 saturated heterocycles. The van der Waals surface area contributed by atoms with Gasteiger partial charge in [-0.15, -0.1) is 0 Å². The molecule has 6 heteroatoms. The van der Waals surface area contributed by atoms with E-state index in [0.29, 0.717) is 6.04 Å². The average molecular weight is 524 g/mol. The van der Waals surface area contributed by atoms with Crippen molar-refractivity contribution in [3.05, 3.63) is 95.0 Å². The monoisotopic (exact) mass is 523 g/mol. The fourth-order valence-corrected chi connectivity index (χ4v) is 5.18. The topological polar surface area (TPSA) is 55.1 Å². The Labute approximate surface area is 213 Å². The first-order valence-corrected chi connectivity index (χ1v) is 13.0. The molecular formula is C29H26BrN5.